The minimum Gasteiger partial charge on any atom is -0.252 e. The van der Waals surface area contributed by atoms with Crippen LogP contribution in [0.3, 0.4) is 0 Å². The summed E-state index contributed by atoms with van der Waals surface area (Å²) < 4.78 is 0. The van der Waals surface area contributed by atoms with Crippen molar-refractivity contribution in [1.82, 2.24) is 0 Å². The van der Waals surface area contributed by atoms with E-state index in [-0.39, 0.29) is 0 Å². The van der Waals surface area contributed by atoms with E-state index in [1.54, 1.807) is 0 Å². The number of hydrogen-bond donors (Lipinski definition) is 0. The minimum atomic E-state index is 0.900. The number of fused-ring (bicyclic) bond motifs is 1. The summed E-state index contributed by atoms with van der Waals surface area (Å²) in [5, 5.41) is 4.37. The van der Waals surface area contributed by atoms with Gasteiger partial charge in [-0.2, -0.15) is 0 Å². The standard InChI is InChI=1S/C54H45N/c1-7-9-16-44-31-48(23-21-37(44)3)51-34-50(35-52(36-51)49-24-22-38(4)45(32-49)17-10-8-2)42-25-28-43(29-26-42)54(53-20-14-11-15-39(53)5)55-40(6)46-30-27-41-18-12-13-19-47(41)33-46/h7-36H,1-2,5H2,3-4,6H3/b16-9-,17-10-,54-53-,55-40?. The second-order valence-electron chi connectivity index (χ2n) is 14.0. The topological polar surface area (TPSA) is 12.4 Å². The Labute approximate surface area is 325 Å². The van der Waals surface area contributed by atoms with Crippen molar-refractivity contribution in [2.75, 3.05) is 0 Å². The van der Waals surface area contributed by atoms with Gasteiger partial charge in [-0.25, -0.2) is 0 Å². The first-order valence-corrected chi connectivity index (χ1v) is 18.7. The van der Waals surface area contributed by atoms with Crippen molar-refractivity contribution in [3.8, 4) is 33.4 Å². The number of allylic oxidation sites excluding steroid dienone is 4. The Hall–Kier alpha value is -6.83. The van der Waals surface area contributed by atoms with Crippen molar-refractivity contribution in [1.29, 1.82) is 0 Å². The van der Waals surface area contributed by atoms with Gasteiger partial charge in [0.1, 0.15) is 0 Å². The second-order valence-corrected chi connectivity index (χ2v) is 14.0. The zero-order valence-corrected chi connectivity index (χ0v) is 31.9. The van der Waals surface area contributed by atoms with Crippen LogP contribution in [0, 0.1) is 13.8 Å². The van der Waals surface area contributed by atoms with Crippen LogP contribution in [0.1, 0.15) is 40.3 Å². The highest BCUT2D eigenvalue weighted by molar-refractivity contribution is 6.04. The van der Waals surface area contributed by atoms with Crippen LogP contribution in [0.2, 0.25) is 0 Å². The van der Waals surface area contributed by atoms with Gasteiger partial charge in [-0.15, -0.1) is 0 Å². The Morgan fingerprint density at radius 2 is 1.00 bits per heavy atom. The summed E-state index contributed by atoms with van der Waals surface area (Å²) in [6.07, 6.45) is 11.9. The predicted molar refractivity (Wildman–Crippen MR) is 241 cm³/mol. The summed E-state index contributed by atoms with van der Waals surface area (Å²) in [6.45, 7) is 18.5. The molecule has 0 amide bonds. The smallest absolute Gasteiger partial charge is 0.0783 e. The van der Waals surface area contributed by atoms with Crippen LogP contribution in [0.4, 0.5) is 0 Å². The van der Waals surface area contributed by atoms with E-state index in [0.29, 0.717) is 0 Å². The molecule has 1 nitrogen and oxygen atoms in total. The molecule has 0 heterocycles. The molecule has 0 radical (unpaired) electrons. The second kappa shape index (κ2) is 16.5. The molecule has 0 aromatic heterocycles. The Morgan fingerprint density at radius 3 is 1.58 bits per heavy atom. The summed E-state index contributed by atoms with van der Waals surface area (Å²) in [5.74, 6) is 0. The zero-order chi connectivity index (χ0) is 38.3. The number of hydrogen-bond acceptors (Lipinski definition) is 1. The fourth-order valence-corrected chi connectivity index (χ4v) is 6.97. The van der Waals surface area contributed by atoms with Gasteiger partial charge in [-0.05, 0) is 134 Å². The largest absolute Gasteiger partial charge is 0.252 e. The third-order valence-corrected chi connectivity index (χ3v) is 10.2. The highest BCUT2D eigenvalue weighted by Gasteiger charge is 2.12. The Kier molecular flexibility index (Phi) is 10.9. The molecule has 0 aliphatic carbocycles. The summed E-state index contributed by atoms with van der Waals surface area (Å²) >= 11 is 0. The number of nitrogens with zero attached hydrogens (tertiary/aromatic N) is 1. The molecule has 0 spiro atoms. The zero-order valence-electron chi connectivity index (χ0n) is 31.9. The highest BCUT2D eigenvalue weighted by atomic mass is 14.8. The molecule has 0 unspecified atom stereocenters. The molecule has 266 valence electrons. The summed E-state index contributed by atoms with van der Waals surface area (Å²) in [7, 11) is 0. The van der Waals surface area contributed by atoms with Crippen LogP contribution in [0.5, 0.6) is 0 Å². The number of aryl methyl sites for hydroxylation is 2. The fourth-order valence-electron chi connectivity index (χ4n) is 6.97. The maximum Gasteiger partial charge on any atom is 0.0783 e. The lowest BCUT2D eigenvalue weighted by atomic mass is 9.90. The van der Waals surface area contributed by atoms with Crippen molar-refractivity contribution in [3.05, 3.63) is 227 Å². The van der Waals surface area contributed by atoms with E-state index in [2.05, 4.69) is 186 Å². The maximum absolute atomic E-state index is 5.31. The molecule has 7 rings (SSSR count). The molecule has 7 aromatic rings. The maximum atomic E-state index is 5.31. The van der Waals surface area contributed by atoms with Crippen LogP contribution in [0.15, 0.2) is 188 Å². The molecule has 0 N–H and O–H groups in total. The predicted octanol–water partition coefficient (Wildman–Crippen LogP) is 12.9. The van der Waals surface area contributed by atoms with Crippen molar-refractivity contribution >= 4 is 40.9 Å². The van der Waals surface area contributed by atoms with Crippen LogP contribution >= 0.6 is 0 Å². The highest BCUT2D eigenvalue weighted by Crippen LogP contribution is 2.35. The van der Waals surface area contributed by atoms with Gasteiger partial charge in [0.15, 0.2) is 0 Å². The molecule has 0 aliphatic rings. The van der Waals surface area contributed by atoms with Crippen LogP contribution < -0.4 is 10.4 Å². The third-order valence-electron chi connectivity index (χ3n) is 10.2. The Morgan fingerprint density at radius 1 is 0.491 bits per heavy atom. The van der Waals surface area contributed by atoms with Gasteiger partial charge in [0.25, 0.3) is 0 Å². The van der Waals surface area contributed by atoms with E-state index in [0.717, 1.165) is 66.4 Å². The first kappa shape index (κ1) is 36.5. The lowest BCUT2D eigenvalue weighted by Crippen LogP contribution is -2.25. The van der Waals surface area contributed by atoms with Crippen molar-refractivity contribution in [3.63, 3.8) is 0 Å². The normalized spacial score (nSPS) is 12.4. The van der Waals surface area contributed by atoms with Gasteiger partial charge in [-0.1, -0.05) is 165 Å². The van der Waals surface area contributed by atoms with Gasteiger partial charge in [0.05, 0.1) is 5.70 Å². The monoisotopic (exact) mass is 707 g/mol. The number of rotatable bonds is 10. The number of aliphatic imine (C=N–C) groups is 1. The molecule has 1 heteroatoms. The molecule has 55 heavy (non-hydrogen) atoms. The Balaban J connectivity index is 1.35. The molecule has 0 bridgehead atoms. The Bertz CT molecular complexity index is 2690. The van der Waals surface area contributed by atoms with Crippen LogP contribution in [0.25, 0.3) is 68.6 Å². The first-order valence-electron chi connectivity index (χ1n) is 18.7. The van der Waals surface area contributed by atoms with Crippen molar-refractivity contribution in [2.45, 2.75) is 20.8 Å². The van der Waals surface area contributed by atoms with Gasteiger partial charge in [0.2, 0.25) is 0 Å². The molecular weight excluding hydrogens is 663 g/mol. The first-order chi connectivity index (χ1) is 26.8. The van der Waals surface area contributed by atoms with E-state index >= 15 is 0 Å². The van der Waals surface area contributed by atoms with Gasteiger partial charge in [-0.3, -0.25) is 4.99 Å². The summed E-state index contributed by atoms with van der Waals surface area (Å²) in [4.78, 5) is 5.31. The number of benzene rings is 7. The summed E-state index contributed by atoms with van der Waals surface area (Å²) in [5.41, 5.74) is 15.7. The quantitative estimate of drug-likeness (QED) is 0.0991. The molecule has 7 aromatic carbocycles. The SMILES string of the molecule is C=C/C=C\c1cc(-c2cc(-c3ccc(/C(N=C(C)c4ccc5ccccc5c4)=c4\ccccc4=C)cc3)cc(-c3ccc(C)c(/C=C\C=C)c3)c2)ccc1C. The van der Waals surface area contributed by atoms with Crippen molar-refractivity contribution in [2.24, 2.45) is 4.99 Å². The average Bonchev–Trinajstić information content (AvgIpc) is 3.22. The fraction of sp³-hybridized carbons (Fsp3) is 0.0556. The van der Waals surface area contributed by atoms with Gasteiger partial charge < -0.3 is 0 Å². The van der Waals surface area contributed by atoms with E-state index in [4.69, 9.17) is 4.99 Å². The molecule has 0 saturated heterocycles. The van der Waals surface area contributed by atoms with E-state index in [9.17, 15) is 0 Å². The summed E-state index contributed by atoms with van der Waals surface area (Å²) in [6, 6.07) is 52.3. The van der Waals surface area contributed by atoms with Crippen LogP contribution in [-0.4, -0.2) is 5.71 Å². The lowest BCUT2D eigenvalue weighted by Gasteiger charge is -2.14. The average molecular weight is 708 g/mol. The molecular formula is C54H45N. The van der Waals surface area contributed by atoms with Gasteiger partial charge >= 0.3 is 0 Å². The van der Waals surface area contributed by atoms with E-state index in [1.165, 1.54) is 33.0 Å². The lowest BCUT2D eigenvalue weighted by molar-refractivity contribution is 1.39. The third kappa shape index (κ3) is 8.23. The van der Waals surface area contributed by atoms with Crippen molar-refractivity contribution < 1.29 is 0 Å². The van der Waals surface area contributed by atoms with Gasteiger partial charge in [0, 0.05) is 16.5 Å². The molecule has 0 fully saturated rings. The molecule has 0 atom stereocenters. The van der Waals surface area contributed by atoms with Crippen LogP contribution in [-0.2, 0) is 0 Å². The van der Waals surface area contributed by atoms with E-state index in [1.807, 2.05) is 36.4 Å². The van der Waals surface area contributed by atoms with E-state index < -0.39 is 0 Å². The molecule has 0 saturated carbocycles. The minimum absolute atomic E-state index is 0.900. The molecule has 0 aliphatic heterocycles.